The first kappa shape index (κ1) is 37.3. The third-order valence-electron chi connectivity index (χ3n) is 12.7. The van der Waals surface area contributed by atoms with E-state index in [0.29, 0.717) is 0 Å². The van der Waals surface area contributed by atoms with Crippen LogP contribution in [0.25, 0.3) is 93.5 Å². The third-order valence-corrected chi connectivity index (χ3v) is 12.7. The van der Waals surface area contributed by atoms with E-state index in [-0.39, 0.29) is 0 Å². The van der Waals surface area contributed by atoms with Crippen LogP contribution in [0.5, 0.6) is 0 Å². The van der Waals surface area contributed by atoms with Gasteiger partial charge in [-0.2, -0.15) is 0 Å². The van der Waals surface area contributed by atoms with E-state index in [1.165, 1.54) is 76.7 Å². The van der Waals surface area contributed by atoms with E-state index in [4.69, 9.17) is 0 Å². The van der Waals surface area contributed by atoms with Gasteiger partial charge in [0.25, 0.3) is 0 Å². The summed E-state index contributed by atoms with van der Waals surface area (Å²) in [6.07, 6.45) is 0. The molecule has 300 valence electrons. The molecular weight excluding hydrogens is 773 g/mol. The minimum atomic E-state index is 1.08. The van der Waals surface area contributed by atoms with Gasteiger partial charge in [-0.1, -0.05) is 194 Å². The first-order valence-corrected chi connectivity index (χ1v) is 22.0. The highest BCUT2D eigenvalue weighted by Crippen LogP contribution is 2.48. The lowest BCUT2D eigenvalue weighted by atomic mass is 9.85. The number of hydrogen-bond donors (Lipinski definition) is 0. The molecule has 2 nitrogen and oxygen atoms in total. The summed E-state index contributed by atoms with van der Waals surface area (Å²) in [5.74, 6) is 0. The van der Waals surface area contributed by atoms with Crippen molar-refractivity contribution in [3.05, 3.63) is 255 Å². The molecule has 11 aromatic carbocycles. The number of anilines is 3. The van der Waals surface area contributed by atoms with Crippen molar-refractivity contribution in [2.24, 2.45) is 0 Å². The smallest absolute Gasteiger partial charge is 0.0541 e. The highest BCUT2D eigenvalue weighted by atomic mass is 15.1. The Morgan fingerprint density at radius 3 is 1.53 bits per heavy atom. The van der Waals surface area contributed by atoms with Crippen LogP contribution < -0.4 is 4.90 Å². The second-order valence-electron chi connectivity index (χ2n) is 16.4. The van der Waals surface area contributed by atoms with Gasteiger partial charge in [-0.15, -0.1) is 0 Å². The monoisotopic (exact) mass is 814 g/mol. The molecule has 1 heterocycles. The molecule has 0 atom stereocenters. The summed E-state index contributed by atoms with van der Waals surface area (Å²) in [4.78, 5) is 2.46. The molecule has 0 N–H and O–H groups in total. The number of rotatable bonds is 8. The van der Waals surface area contributed by atoms with Gasteiger partial charge in [0.2, 0.25) is 0 Å². The van der Waals surface area contributed by atoms with Crippen LogP contribution in [0, 0.1) is 0 Å². The van der Waals surface area contributed by atoms with Gasteiger partial charge in [0, 0.05) is 33.4 Å². The van der Waals surface area contributed by atoms with E-state index in [1.807, 2.05) is 0 Å². The SMILES string of the molecule is c1ccc(-c2cccc(N(c3ccc4c(c3)c(-c3ccccc3)c(-c3ccccc3)c3ccccc34)c3ccccc3-c3ccc4c(c3)c3ccccc3n4-c3ccccc3)c2)cc1. The molecule has 0 aliphatic rings. The molecule has 0 fully saturated rings. The van der Waals surface area contributed by atoms with Crippen LogP contribution in [0.2, 0.25) is 0 Å². The fourth-order valence-corrected chi connectivity index (χ4v) is 9.92. The number of aromatic nitrogens is 1. The highest BCUT2D eigenvalue weighted by molar-refractivity contribution is 6.22. The van der Waals surface area contributed by atoms with Gasteiger partial charge < -0.3 is 9.47 Å². The molecule has 0 saturated heterocycles. The fraction of sp³-hybridized carbons (Fsp3) is 0. The van der Waals surface area contributed by atoms with Crippen molar-refractivity contribution >= 4 is 60.4 Å². The van der Waals surface area contributed by atoms with Crippen molar-refractivity contribution in [3.63, 3.8) is 0 Å². The van der Waals surface area contributed by atoms with Crippen LogP contribution in [-0.2, 0) is 0 Å². The van der Waals surface area contributed by atoms with E-state index in [9.17, 15) is 0 Å². The molecule has 0 amide bonds. The minimum Gasteiger partial charge on any atom is -0.310 e. The van der Waals surface area contributed by atoms with Crippen LogP contribution in [-0.4, -0.2) is 4.57 Å². The Balaban J connectivity index is 1.13. The second-order valence-corrected chi connectivity index (χ2v) is 16.4. The largest absolute Gasteiger partial charge is 0.310 e. The van der Waals surface area contributed by atoms with Crippen molar-refractivity contribution < 1.29 is 0 Å². The maximum Gasteiger partial charge on any atom is 0.0541 e. The summed E-state index contributed by atoms with van der Waals surface area (Å²) in [5, 5.41) is 7.38. The van der Waals surface area contributed by atoms with Crippen molar-refractivity contribution in [1.29, 1.82) is 0 Å². The molecule has 0 bridgehead atoms. The zero-order valence-corrected chi connectivity index (χ0v) is 35.1. The Morgan fingerprint density at radius 2 is 0.797 bits per heavy atom. The topological polar surface area (TPSA) is 8.17 Å². The Labute approximate surface area is 373 Å². The lowest BCUT2D eigenvalue weighted by Gasteiger charge is -2.29. The first-order chi connectivity index (χ1) is 31.8. The standard InChI is InChI=1S/C62H42N2/c1-5-20-43(21-6-1)46-26-19-29-49(40-46)63(58-34-17-15-30-51(58)47-36-39-60-56(41-47)54-32-16-18-35-59(54)64(60)48-27-11-4-12-28-48)50-37-38-53-52-31-13-14-33-55(52)61(44-22-7-2-8-23-44)62(57(53)42-50)45-24-9-3-10-25-45/h1-42H. The molecule has 0 aliphatic carbocycles. The number of hydrogen-bond acceptors (Lipinski definition) is 1. The average molecular weight is 815 g/mol. The highest BCUT2D eigenvalue weighted by Gasteiger charge is 2.23. The number of benzene rings is 11. The first-order valence-electron chi connectivity index (χ1n) is 22.0. The summed E-state index contributed by atoms with van der Waals surface area (Å²) < 4.78 is 2.38. The number of fused-ring (bicyclic) bond motifs is 6. The Kier molecular flexibility index (Phi) is 9.20. The predicted molar refractivity (Wildman–Crippen MR) is 272 cm³/mol. The van der Waals surface area contributed by atoms with E-state index >= 15 is 0 Å². The molecule has 0 unspecified atom stereocenters. The van der Waals surface area contributed by atoms with Gasteiger partial charge in [-0.05, 0) is 121 Å². The molecule has 2 heteroatoms. The van der Waals surface area contributed by atoms with E-state index in [1.54, 1.807) is 0 Å². The normalized spacial score (nSPS) is 11.4. The zero-order chi connectivity index (χ0) is 42.4. The summed E-state index contributed by atoms with van der Waals surface area (Å²) >= 11 is 0. The summed E-state index contributed by atoms with van der Waals surface area (Å²) in [7, 11) is 0. The lowest BCUT2D eigenvalue weighted by molar-refractivity contribution is 1.18. The van der Waals surface area contributed by atoms with Gasteiger partial charge >= 0.3 is 0 Å². The van der Waals surface area contributed by atoms with Gasteiger partial charge in [-0.25, -0.2) is 0 Å². The van der Waals surface area contributed by atoms with Crippen LogP contribution in [0.1, 0.15) is 0 Å². The van der Waals surface area contributed by atoms with Gasteiger partial charge in [0.15, 0.2) is 0 Å². The summed E-state index contributed by atoms with van der Waals surface area (Å²) in [6, 6.07) is 92.8. The average Bonchev–Trinajstić information content (AvgIpc) is 3.71. The molecule has 12 rings (SSSR count). The van der Waals surface area contributed by atoms with Crippen molar-refractivity contribution in [1.82, 2.24) is 4.57 Å². The molecular formula is C62H42N2. The summed E-state index contributed by atoms with van der Waals surface area (Å²) in [5.41, 5.74) is 16.3. The number of para-hydroxylation sites is 3. The Hall–Kier alpha value is -8.46. The van der Waals surface area contributed by atoms with Crippen LogP contribution in [0.3, 0.4) is 0 Å². The molecule has 0 saturated carbocycles. The quantitative estimate of drug-likeness (QED) is 0.139. The van der Waals surface area contributed by atoms with E-state index in [2.05, 4.69) is 264 Å². The van der Waals surface area contributed by atoms with Gasteiger partial charge in [0.05, 0.1) is 16.7 Å². The molecule has 12 aromatic rings. The van der Waals surface area contributed by atoms with Gasteiger partial charge in [0.1, 0.15) is 0 Å². The van der Waals surface area contributed by atoms with Gasteiger partial charge in [-0.3, -0.25) is 0 Å². The Bertz CT molecular complexity index is 3650. The maximum atomic E-state index is 2.46. The molecule has 0 radical (unpaired) electrons. The molecule has 1 aromatic heterocycles. The summed E-state index contributed by atoms with van der Waals surface area (Å²) in [6.45, 7) is 0. The third kappa shape index (κ3) is 6.35. The van der Waals surface area contributed by atoms with Crippen molar-refractivity contribution in [3.8, 4) is 50.2 Å². The Morgan fingerprint density at radius 1 is 0.266 bits per heavy atom. The maximum absolute atomic E-state index is 2.46. The van der Waals surface area contributed by atoms with E-state index in [0.717, 1.165) is 33.9 Å². The van der Waals surface area contributed by atoms with Crippen molar-refractivity contribution in [2.45, 2.75) is 0 Å². The van der Waals surface area contributed by atoms with Crippen LogP contribution in [0.4, 0.5) is 17.1 Å². The lowest BCUT2D eigenvalue weighted by Crippen LogP contribution is -2.11. The number of nitrogens with zero attached hydrogens (tertiary/aromatic N) is 2. The molecule has 64 heavy (non-hydrogen) atoms. The molecule has 0 spiro atoms. The fourth-order valence-electron chi connectivity index (χ4n) is 9.92. The van der Waals surface area contributed by atoms with Crippen molar-refractivity contribution in [2.75, 3.05) is 4.90 Å². The second kappa shape index (κ2) is 15.8. The van der Waals surface area contributed by atoms with Crippen LogP contribution in [0.15, 0.2) is 255 Å². The minimum absolute atomic E-state index is 1.08. The molecule has 0 aliphatic heterocycles. The van der Waals surface area contributed by atoms with E-state index < -0.39 is 0 Å². The predicted octanol–water partition coefficient (Wildman–Crippen LogP) is 17.2. The zero-order valence-electron chi connectivity index (χ0n) is 35.1. The van der Waals surface area contributed by atoms with Crippen LogP contribution >= 0.6 is 0 Å².